The first-order chi connectivity index (χ1) is 8.48. The van der Waals surface area contributed by atoms with Gasteiger partial charge in [-0.05, 0) is 12.1 Å². The van der Waals surface area contributed by atoms with Crippen LogP contribution in [0.25, 0.3) is 0 Å². The molecule has 0 fully saturated rings. The molecule has 96 valence electrons. The molecule has 1 aromatic heterocycles. The molecule has 6 heteroatoms. The normalized spacial score (nSPS) is 11.4. The molecule has 2 aromatic rings. The number of imidazole rings is 1. The molecule has 1 heterocycles. The van der Waals surface area contributed by atoms with Gasteiger partial charge in [0.25, 0.3) is 0 Å². The molecule has 0 saturated heterocycles. The molecule has 1 N–H and O–H groups in total. The molecule has 0 aliphatic heterocycles. The summed E-state index contributed by atoms with van der Waals surface area (Å²) < 4.78 is 25.1. The van der Waals surface area contributed by atoms with Crippen LogP contribution in [0.5, 0.6) is 0 Å². The smallest absolute Gasteiger partial charge is 0.177 e. The average Bonchev–Trinajstić information content (AvgIpc) is 2.71. The number of aromatic nitrogens is 2. The molecule has 0 unspecified atom stereocenters. The van der Waals surface area contributed by atoms with Crippen molar-refractivity contribution < 1.29 is 8.42 Å². The van der Waals surface area contributed by atoms with Gasteiger partial charge < -0.3 is 9.88 Å². The summed E-state index contributed by atoms with van der Waals surface area (Å²) in [5.41, 5.74) is 0.600. The van der Waals surface area contributed by atoms with Gasteiger partial charge in [0.15, 0.2) is 9.84 Å². The van der Waals surface area contributed by atoms with Crippen LogP contribution in [0.2, 0.25) is 0 Å². The number of benzene rings is 1. The highest BCUT2D eigenvalue weighted by atomic mass is 32.2. The molecule has 2 rings (SSSR count). The minimum Gasteiger partial charge on any atom is -0.377 e. The first-order valence-electron chi connectivity index (χ1n) is 5.47. The quantitative estimate of drug-likeness (QED) is 0.908. The Morgan fingerprint density at radius 1 is 1.33 bits per heavy atom. The maximum Gasteiger partial charge on any atom is 0.177 e. The third kappa shape index (κ3) is 2.70. The van der Waals surface area contributed by atoms with Gasteiger partial charge in [0, 0.05) is 25.7 Å². The molecular formula is C12H15N3O2S. The number of anilines is 1. The molecule has 0 radical (unpaired) electrons. The third-order valence-corrected chi connectivity index (χ3v) is 3.80. The summed E-state index contributed by atoms with van der Waals surface area (Å²) in [5.74, 6) is 0.846. The van der Waals surface area contributed by atoms with Crippen molar-refractivity contribution in [2.75, 3.05) is 11.6 Å². The summed E-state index contributed by atoms with van der Waals surface area (Å²) in [6, 6.07) is 6.85. The van der Waals surface area contributed by atoms with E-state index in [4.69, 9.17) is 0 Å². The zero-order chi connectivity index (χ0) is 13.2. The molecular weight excluding hydrogens is 250 g/mol. The van der Waals surface area contributed by atoms with Crippen LogP contribution in [-0.4, -0.2) is 24.2 Å². The Kier molecular flexibility index (Phi) is 3.38. The SMILES string of the molecule is Cn1ccnc1CNc1ccccc1S(C)(=O)=O. The molecule has 0 amide bonds. The summed E-state index contributed by atoms with van der Waals surface area (Å²) in [6.45, 7) is 0.482. The largest absolute Gasteiger partial charge is 0.377 e. The van der Waals surface area contributed by atoms with E-state index in [1.807, 2.05) is 17.8 Å². The molecule has 0 spiro atoms. The van der Waals surface area contributed by atoms with Crippen molar-refractivity contribution in [3.05, 3.63) is 42.5 Å². The summed E-state index contributed by atoms with van der Waals surface area (Å²) >= 11 is 0. The van der Waals surface area contributed by atoms with Gasteiger partial charge in [-0.2, -0.15) is 0 Å². The number of sulfone groups is 1. The van der Waals surface area contributed by atoms with Crippen LogP contribution in [-0.2, 0) is 23.4 Å². The van der Waals surface area contributed by atoms with Gasteiger partial charge in [0.05, 0.1) is 17.1 Å². The van der Waals surface area contributed by atoms with Crippen molar-refractivity contribution in [3.8, 4) is 0 Å². The molecule has 0 aliphatic rings. The van der Waals surface area contributed by atoms with E-state index in [0.717, 1.165) is 5.82 Å². The lowest BCUT2D eigenvalue weighted by Crippen LogP contribution is -2.09. The van der Waals surface area contributed by atoms with Crippen molar-refractivity contribution in [3.63, 3.8) is 0 Å². The standard InChI is InChI=1S/C12H15N3O2S/c1-15-8-7-13-12(15)9-14-10-5-3-4-6-11(10)18(2,16)17/h3-8,14H,9H2,1-2H3. The van der Waals surface area contributed by atoms with Gasteiger partial charge in [-0.15, -0.1) is 0 Å². The minimum absolute atomic E-state index is 0.305. The maximum atomic E-state index is 11.6. The zero-order valence-electron chi connectivity index (χ0n) is 10.3. The summed E-state index contributed by atoms with van der Waals surface area (Å²) in [4.78, 5) is 4.48. The average molecular weight is 265 g/mol. The van der Waals surface area contributed by atoms with Crippen molar-refractivity contribution in [1.29, 1.82) is 0 Å². The van der Waals surface area contributed by atoms with Crippen LogP contribution in [0.15, 0.2) is 41.6 Å². The number of aryl methyl sites for hydroxylation is 1. The van der Waals surface area contributed by atoms with E-state index in [2.05, 4.69) is 10.3 Å². The predicted molar refractivity (Wildman–Crippen MR) is 70.1 cm³/mol. The number of para-hydroxylation sites is 1. The highest BCUT2D eigenvalue weighted by Gasteiger charge is 2.12. The van der Waals surface area contributed by atoms with Crippen LogP contribution in [0.4, 0.5) is 5.69 Å². The van der Waals surface area contributed by atoms with Crippen LogP contribution >= 0.6 is 0 Å². The van der Waals surface area contributed by atoms with E-state index in [0.29, 0.717) is 17.1 Å². The van der Waals surface area contributed by atoms with E-state index in [9.17, 15) is 8.42 Å². The lowest BCUT2D eigenvalue weighted by molar-refractivity contribution is 0.602. The van der Waals surface area contributed by atoms with E-state index in [1.165, 1.54) is 6.26 Å². The van der Waals surface area contributed by atoms with E-state index >= 15 is 0 Å². The van der Waals surface area contributed by atoms with E-state index in [1.54, 1.807) is 30.5 Å². The molecule has 0 aliphatic carbocycles. The third-order valence-electron chi connectivity index (χ3n) is 2.64. The van der Waals surface area contributed by atoms with Crippen LogP contribution in [0, 0.1) is 0 Å². The van der Waals surface area contributed by atoms with Crippen molar-refractivity contribution in [1.82, 2.24) is 9.55 Å². The predicted octanol–water partition coefficient (Wildman–Crippen LogP) is 1.44. The van der Waals surface area contributed by atoms with Crippen LogP contribution < -0.4 is 5.32 Å². The Morgan fingerprint density at radius 3 is 2.67 bits per heavy atom. The van der Waals surface area contributed by atoms with Crippen molar-refractivity contribution >= 4 is 15.5 Å². The fraction of sp³-hybridized carbons (Fsp3) is 0.250. The van der Waals surface area contributed by atoms with E-state index in [-0.39, 0.29) is 0 Å². The second-order valence-electron chi connectivity index (χ2n) is 4.08. The Bertz CT molecular complexity index is 647. The highest BCUT2D eigenvalue weighted by Crippen LogP contribution is 2.20. The Morgan fingerprint density at radius 2 is 2.06 bits per heavy atom. The second-order valence-corrected chi connectivity index (χ2v) is 6.06. The van der Waals surface area contributed by atoms with Crippen molar-refractivity contribution in [2.24, 2.45) is 7.05 Å². The number of nitrogens with zero attached hydrogens (tertiary/aromatic N) is 2. The fourth-order valence-corrected chi connectivity index (χ4v) is 2.54. The summed E-state index contributed by atoms with van der Waals surface area (Å²) in [6.07, 6.45) is 4.76. The Hall–Kier alpha value is -1.82. The van der Waals surface area contributed by atoms with E-state index < -0.39 is 9.84 Å². The number of nitrogens with one attached hydrogen (secondary N) is 1. The van der Waals surface area contributed by atoms with Gasteiger partial charge in [0.1, 0.15) is 5.82 Å². The lowest BCUT2D eigenvalue weighted by Gasteiger charge is -2.10. The first kappa shape index (κ1) is 12.6. The van der Waals surface area contributed by atoms with Gasteiger partial charge >= 0.3 is 0 Å². The molecule has 0 bridgehead atoms. The maximum absolute atomic E-state index is 11.6. The highest BCUT2D eigenvalue weighted by molar-refractivity contribution is 7.90. The van der Waals surface area contributed by atoms with Crippen LogP contribution in [0.1, 0.15) is 5.82 Å². The summed E-state index contributed by atoms with van der Waals surface area (Å²) in [7, 11) is -1.33. The Balaban J connectivity index is 2.23. The van der Waals surface area contributed by atoms with Gasteiger partial charge in [0.2, 0.25) is 0 Å². The monoisotopic (exact) mass is 265 g/mol. The molecule has 1 aromatic carbocycles. The number of rotatable bonds is 4. The Labute approximate surface area is 106 Å². The number of hydrogen-bond acceptors (Lipinski definition) is 4. The zero-order valence-corrected chi connectivity index (χ0v) is 11.1. The molecule has 0 atom stereocenters. The molecule has 0 saturated carbocycles. The van der Waals surface area contributed by atoms with Crippen molar-refractivity contribution in [2.45, 2.75) is 11.4 Å². The molecule has 18 heavy (non-hydrogen) atoms. The number of hydrogen-bond donors (Lipinski definition) is 1. The van der Waals surface area contributed by atoms with Gasteiger partial charge in [-0.1, -0.05) is 12.1 Å². The minimum atomic E-state index is -3.22. The van der Waals surface area contributed by atoms with Gasteiger partial charge in [-0.3, -0.25) is 0 Å². The summed E-state index contributed by atoms with van der Waals surface area (Å²) in [5, 5.41) is 3.10. The fourth-order valence-electron chi connectivity index (χ4n) is 1.68. The van der Waals surface area contributed by atoms with Gasteiger partial charge in [-0.25, -0.2) is 13.4 Å². The molecule has 5 nitrogen and oxygen atoms in total. The second kappa shape index (κ2) is 4.81. The van der Waals surface area contributed by atoms with Crippen LogP contribution in [0.3, 0.4) is 0 Å². The topological polar surface area (TPSA) is 64.0 Å². The first-order valence-corrected chi connectivity index (χ1v) is 7.37. The lowest BCUT2D eigenvalue weighted by atomic mass is 10.3.